The summed E-state index contributed by atoms with van der Waals surface area (Å²) in [5.41, 5.74) is 2.24. The molecule has 1 aliphatic heterocycles. The summed E-state index contributed by atoms with van der Waals surface area (Å²) in [4.78, 5) is 38.5. The molecule has 45 heavy (non-hydrogen) atoms. The number of fused-ring (bicyclic) bond motifs is 1. The Hall–Kier alpha value is -5.23. The molecule has 5 aromatic rings. The number of anilines is 1. The first-order valence-electron chi connectivity index (χ1n) is 14.3. The van der Waals surface area contributed by atoms with E-state index in [-0.39, 0.29) is 17.4 Å². The molecule has 1 saturated heterocycles. The Labute approximate surface area is 256 Å². The second kappa shape index (κ2) is 12.4. The van der Waals surface area contributed by atoms with Gasteiger partial charge in [-0.2, -0.15) is 13.2 Å². The number of carbonyl (C=O) groups excluding carboxylic acids is 2. The number of hydrogen-bond acceptors (Lipinski definition) is 6. The molecular weight excluding hydrogens is 585 g/mol. The van der Waals surface area contributed by atoms with Gasteiger partial charge in [-0.3, -0.25) is 19.5 Å². The summed E-state index contributed by atoms with van der Waals surface area (Å²) < 4.78 is 46.2. The van der Waals surface area contributed by atoms with E-state index >= 15 is 0 Å². The van der Waals surface area contributed by atoms with Gasteiger partial charge in [-0.05, 0) is 66.2 Å². The number of carbonyl (C=O) groups is 2. The Balaban J connectivity index is 1.07. The number of nitrogens with one attached hydrogen (secondary N) is 1. The normalized spacial score (nSPS) is 14.0. The number of rotatable bonds is 7. The lowest BCUT2D eigenvalue weighted by molar-refractivity contribution is -0.137. The number of alkyl halides is 3. The summed E-state index contributed by atoms with van der Waals surface area (Å²) in [5.74, 6) is 0.210. The molecule has 2 amide bonds. The van der Waals surface area contributed by atoms with Gasteiger partial charge >= 0.3 is 6.18 Å². The average molecular weight is 615 g/mol. The Morgan fingerprint density at radius 2 is 1.71 bits per heavy atom. The molecule has 0 saturated carbocycles. The third-order valence-corrected chi connectivity index (χ3v) is 7.71. The molecule has 3 aromatic heterocycles. The monoisotopic (exact) mass is 614 g/mol. The number of nitrogens with zero attached hydrogens (tertiary/aromatic N) is 5. The molecule has 2 aromatic carbocycles. The fourth-order valence-corrected chi connectivity index (χ4v) is 5.27. The highest BCUT2D eigenvalue weighted by Gasteiger charge is 2.30. The van der Waals surface area contributed by atoms with Gasteiger partial charge in [-0.15, -0.1) is 0 Å². The van der Waals surface area contributed by atoms with Crippen LogP contribution in [0.15, 0.2) is 91.4 Å². The van der Waals surface area contributed by atoms with Crippen molar-refractivity contribution in [3.8, 4) is 11.6 Å². The standard InChI is InChI=1S/C33H29F3N6O3/c1-40-28-10-9-27(45-30-11-8-26(20-38-30)39-31(43)23-4-6-25(7-5-23)33(34,35)36)17-24(28)18-29(40)32(44)42-15-13-41(14-16-42)21-22-3-2-12-37-19-22/h2-12,17-20H,13-16,21H2,1H3,(H,39,43). The van der Waals surface area contributed by atoms with Gasteiger partial charge in [-0.25, -0.2) is 4.98 Å². The number of amides is 2. The first kappa shape index (κ1) is 29.8. The maximum Gasteiger partial charge on any atom is 0.416 e. The smallest absolute Gasteiger partial charge is 0.416 e. The van der Waals surface area contributed by atoms with E-state index in [1.54, 1.807) is 24.4 Å². The fraction of sp³-hybridized carbons (Fsp3) is 0.212. The van der Waals surface area contributed by atoms with Gasteiger partial charge in [0.2, 0.25) is 5.88 Å². The van der Waals surface area contributed by atoms with Crippen molar-refractivity contribution in [1.29, 1.82) is 0 Å². The van der Waals surface area contributed by atoms with Crippen LogP contribution in [0.25, 0.3) is 10.9 Å². The van der Waals surface area contributed by atoms with E-state index in [1.165, 1.54) is 6.20 Å². The molecule has 6 rings (SSSR count). The number of aryl methyl sites for hydroxylation is 1. The quantitative estimate of drug-likeness (QED) is 0.242. The number of ether oxygens (including phenoxy) is 1. The summed E-state index contributed by atoms with van der Waals surface area (Å²) in [6.07, 6.45) is 0.546. The zero-order chi connectivity index (χ0) is 31.6. The van der Waals surface area contributed by atoms with Gasteiger partial charge in [0.25, 0.3) is 11.8 Å². The summed E-state index contributed by atoms with van der Waals surface area (Å²) in [7, 11) is 1.87. The number of pyridine rings is 2. The number of benzene rings is 2. The maximum atomic E-state index is 13.4. The molecule has 1 fully saturated rings. The predicted octanol–water partition coefficient (Wildman–Crippen LogP) is 5.99. The van der Waals surface area contributed by atoms with E-state index in [9.17, 15) is 22.8 Å². The molecule has 0 unspecified atom stereocenters. The average Bonchev–Trinajstić information content (AvgIpc) is 3.37. The third-order valence-electron chi connectivity index (χ3n) is 7.71. The van der Waals surface area contributed by atoms with Crippen molar-refractivity contribution in [1.82, 2.24) is 24.3 Å². The summed E-state index contributed by atoms with van der Waals surface area (Å²) >= 11 is 0. The van der Waals surface area contributed by atoms with Crippen LogP contribution in [0.1, 0.15) is 32.0 Å². The van der Waals surface area contributed by atoms with Crippen molar-refractivity contribution in [2.45, 2.75) is 12.7 Å². The van der Waals surface area contributed by atoms with Crippen LogP contribution >= 0.6 is 0 Å². The lowest BCUT2D eigenvalue weighted by Gasteiger charge is -2.34. The van der Waals surface area contributed by atoms with Gasteiger partial charge < -0.3 is 19.5 Å². The Morgan fingerprint density at radius 1 is 0.933 bits per heavy atom. The zero-order valence-corrected chi connectivity index (χ0v) is 24.3. The van der Waals surface area contributed by atoms with Crippen LogP contribution in [0.5, 0.6) is 11.6 Å². The van der Waals surface area contributed by atoms with Gasteiger partial charge in [0.05, 0.1) is 17.4 Å². The van der Waals surface area contributed by atoms with Crippen LogP contribution in [0.4, 0.5) is 18.9 Å². The first-order chi connectivity index (χ1) is 21.6. The molecule has 0 aliphatic carbocycles. The molecular formula is C33H29F3N6O3. The van der Waals surface area contributed by atoms with Gasteiger partial charge in [0.1, 0.15) is 11.4 Å². The molecule has 0 radical (unpaired) electrons. The van der Waals surface area contributed by atoms with Crippen molar-refractivity contribution in [2.75, 3.05) is 31.5 Å². The Kier molecular flexibility index (Phi) is 8.22. The molecule has 0 bridgehead atoms. The number of aromatic nitrogens is 3. The van der Waals surface area contributed by atoms with Crippen molar-refractivity contribution in [2.24, 2.45) is 7.05 Å². The SMILES string of the molecule is Cn1c(C(=O)N2CCN(Cc3cccnc3)CC2)cc2cc(Oc3ccc(NC(=O)c4ccc(C(F)(F)F)cc4)cn3)ccc21. The minimum Gasteiger partial charge on any atom is -0.439 e. The van der Waals surface area contributed by atoms with Gasteiger partial charge in [-0.1, -0.05) is 6.07 Å². The van der Waals surface area contributed by atoms with Crippen LogP contribution in [0.3, 0.4) is 0 Å². The summed E-state index contributed by atoms with van der Waals surface area (Å²) in [6, 6.07) is 18.5. The molecule has 0 spiro atoms. The maximum absolute atomic E-state index is 13.4. The van der Waals surface area contributed by atoms with Crippen molar-refractivity contribution in [3.63, 3.8) is 0 Å². The van der Waals surface area contributed by atoms with E-state index < -0.39 is 17.6 Å². The molecule has 230 valence electrons. The van der Waals surface area contributed by atoms with E-state index in [1.807, 2.05) is 47.0 Å². The molecule has 12 heteroatoms. The lowest BCUT2D eigenvalue weighted by atomic mass is 10.1. The van der Waals surface area contributed by atoms with E-state index in [0.717, 1.165) is 60.4 Å². The molecule has 1 aliphatic rings. The minimum atomic E-state index is -4.48. The third kappa shape index (κ3) is 6.80. The predicted molar refractivity (Wildman–Crippen MR) is 162 cm³/mol. The zero-order valence-electron chi connectivity index (χ0n) is 24.3. The Morgan fingerprint density at radius 3 is 2.38 bits per heavy atom. The van der Waals surface area contributed by atoms with Crippen LogP contribution < -0.4 is 10.1 Å². The molecule has 4 heterocycles. The van der Waals surface area contributed by atoms with Crippen molar-refractivity contribution in [3.05, 3.63) is 114 Å². The highest BCUT2D eigenvalue weighted by atomic mass is 19.4. The lowest BCUT2D eigenvalue weighted by Crippen LogP contribution is -2.48. The highest BCUT2D eigenvalue weighted by Crippen LogP contribution is 2.30. The minimum absolute atomic E-state index is 0.0206. The molecule has 0 atom stereocenters. The second-order valence-corrected chi connectivity index (χ2v) is 10.8. The van der Waals surface area contributed by atoms with E-state index in [4.69, 9.17) is 4.74 Å². The van der Waals surface area contributed by atoms with Gasteiger partial charge in [0, 0.05) is 74.7 Å². The first-order valence-corrected chi connectivity index (χ1v) is 14.3. The molecule has 9 nitrogen and oxygen atoms in total. The van der Waals surface area contributed by atoms with Crippen molar-refractivity contribution >= 4 is 28.4 Å². The molecule has 1 N–H and O–H groups in total. The van der Waals surface area contributed by atoms with Crippen LogP contribution in [0.2, 0.25) is 0 Å². The fourth-order valence-electron chi connectivity index (χ4n) is 5.27. The number of piperazine rings is 1. The summed E-state index contributed by atoms with van der Waals surface area (Å²) in [6.45, 7) is 3.66. The highest BCUT2D eigenvalue weighted by molar-refractivity contribution is 6.04. The summed E-state index contributed by atoms with van der Waals surface area (Å²) in [5, 5.41) is 3.45. The van der Waals surface area contributed by atoms with Crippen LogP contribution in [-0.4, -0.2) is 62.3 Å². The van der Waals surface area contributed by atoms with Gasteiger partial charge in [0.15, 0.2) is 0 Å². The largest absolute Gasteiger partial charge is 0.439 e. The Bertz CT molecular complexity index is 1820. The van der Waals surface area contributed by atoms with Crippen molar-refractivity contribution < 1.29 is 27.5 Å². The van der Waals surface area contributed by atoms with E-state index in [2.05, 4.69) is 26.3 Å². The number of hydrogen-bond donors (Lipinski definition) is 1. The second-order valence-electron chi connectivity index (χ2n) is 10.8. The number of halogens is 3. The van der Waals surface area contributed by atoms with E-state index in [0.29, 0.717) is 30.2 Å². The van der Waals surface area contributed by atoms with Crippen LogP contribution in [0, 0.1) is 0 Å². The van der Waals surface area contributed by atoms with Crippen LogP contribution in [-0.2, 0) is 19.8 Å². The topological polar surface area (TPSA) is 92.6 Å².